The quantitative estimate of drug-likeness (QED) is 0.931. The van der Waals surface area contributed by atoms with Gasteiger partial charge in [-0.2, -0.15) is 0 Å². The Morgan fingerprint density at radius 2 is 1.88 bits per heavy atom. The summed E-state index contributed by atoms with van der Waals surface area (Å²) in [6.07, 6.45) is 1.64. The van der Waals surface area contributed by atoms with Crippen LogP contribution in [0.1, 0.15) is 17.2 Å². The van der Waals surface area contributed by atoms with Crippen LogP contribution in [0.25, 0.3) is 0 Å². The van der Waals surface area contributed by atoms with E-state index in [4.69, 9.17) is 9.47 Å². The van der Waals surface area contributed by atoms with Gasteiger partial charge in [-0.15, -0.1) is 0 Å². The molecule has 0 amide bonds. The molecule has 5 heteroatoms. The van der Waals surface area contributed by atoms with E-state index < -0.39 is 0 Å². The molecule has 130 valence electrons. The average Bonchev–Trinajstić information content (AvgIpc) is 3.23. The van der Waals surface area contributed by atoms with Crippen molar-refractivity contribution in [3.8, 4) is 11.6 Å². The predicted octanol–water partition coefficient (Wildman–Crippen LogP) is 2.25. The molecule has 0 bridgehead atoms. The molecular formula is C20H23N3O2. The highest BCUT2D eigenvalue weighted by Gasteiger charge is 2.35. The highest BCUT2D eigenvalue weighted by Crippen LogP contribution is 2.34. The molecule has 1 N–H and O–H groups in total. The Bertz CT molecular complexity index is 737. The van der Waals surface area contributed by atoms with Gasteiger partial charge in [0.15, 0.2) is 11.9 Å². The second kappa shape index (κ2) is 6.32. The molecule has 2 unspecified atom stereocenters. The zero-order chi connectivity index (χ0) is 16.6. The lowest BCUT2D eigenvalue weighted by atomic mass is 10.0. The normalized spacial score (nSPS) is 28.1. The van der Waals surface area contributed by atoms with Gasteiger partial charge in [0.05, 0.1) is 0 Å². The van der Waals surface area contributed by atoms with Crippen LogP contribution in [-0.4, -0.2) is 42.7 Å². The van der Waals surface area contributed by atoms with E-state index in [0.717, 1.165) is 29.7 Å². The summed E-state index contributed by atoms with van der Waals surface area (Å²) in [6, 6.07) is 12.5. The van der Waals surface area contributed by atoms with Crippen molar-refractivity contribution in [1.82, 2.24) is 15.2 Å². The third-order valence-electron chi connectivity index (χ3n) is 5.60. The van der Waals surface area contributed by atoms with E-state index >= 15 is 0 Å². The molecule has 5 nitrogen and oxygen atoms in total. The number of hydrogen-bond acceptors (Lipinski definition) is 5. The van der Waals surface area contributed by atoms with Gasteiger partial charge in [-0.3, -0.25) is 4.90 Å². The average molecular weight is 337 g/mol. The van der Waals surface area contributed by atoms with Gasteiger partial charge in [0.2, 0.25) is 0 Å². The van der Waals surface area contributed by atoms with Gasteiger partial charge in [-0.25, -0.2) is 4.98 Å². The fraction of sp³-hybridized carbons (Fsp3) is 0.450. The van der Waals surface area contributed by atoms with Crippen LogP contribution in [0.2, 0.25) is 0 Å². The molecule has 3 aliphatic heterocycles. The van der Waals surface area contributed by atoms with Crippen molar-refractivity contribution in [2.75, 3.05) is 32.8 Å². The third kappa shape index (κ3) is 2.98. The molecule has 0 aliphatic carbocycles. The van der Waals surface area contributed by atoms with Crippen LogP contribution in [0.5, 0.6) is 11.6 Å². The minimum absolute atomic E-state index is 0.0892. The van der Waals surface area contributed by atoms with Crippen LogP contribution in [0.3, 0.4) is 0 Å². The first-order chi connectivity index (χ1) is 12.3. The second-order valence-electron chi connectivity index (χ2n) is 7.34. The van der Waals surface area contributed by atoms with E-state index in [1.165, 1.54) is 31.7 Å². The van der Waals surface area contributed by atoms with Gasteiger partial charge in [0.25, 0.3) is 5.88 Å². The maximum Gasteiger partial charge on any atom is 0.257 e. The third-order valence-corrected chi connectivity index (χ3v) is 5.60. The summed E-state index contributed by atoms with van der Waals surface area (Å²) < 4.78 is 11.8. The molecule has 2 saturated heterocycles. The second-order valence-corrected chi connectivity index (χ2v) is 7.34. The van der Waals surface area contributed by atoms with Gasteiger partial charge < -0.3 is 14.8 Å². The van der Waals surface area contributed by atoms with Gasteiger partial charge in [0.1, 0.15) is 6.61 Å². The lowest BCUT2D eigenvalue weighted by Gasteiger charge is -2.26. The van der Waals surface area contributed by atoms with Crippen molar-refractivity contribution < 1.29 is 9.47 Å². The Morgan fingerprint density at radius 1 is 1.08 bits per heavy atom. The first kappa shape index (κ1) is 15.2. The van der Waals surface area contributed by atoms with Crippen LogP contribution < -0.4 is 14.8 Å². The van der Waals surface area contributed by atoms with Crippen LogP contribution in [-0.2, 0) is 6.54 Å². The van der Waals surface area contributed by atoms with E-state index in [1.54, 1.807) is 6.20 Å². The lowest BCUT2D eigenvalue weighted by molar-refractivity contribution is 0.0851. The van der Waals surface area contributed by atoms with Crippen molar-refractivity contribution in [1.29, 1.82) is 0 Å². The number of pyridine rings is 1. The molecule has 2 fully saturated rings. The van der Waals surface area contributed by atoms with Gasteiger partial charge in [-0.05, 0) is 48.2 Å². The summed E-state index contributed by atoms with van der Waals surface area (Å²) in [5.74, 6) is 3.00. The van der Waals surface area contributed by atoms with Crippen molar-refractivity contribution in [2.24, 2.45) is 11.8 Å². The first-order valence-electron chi connectivity index (χ1n) is 9.11. The summed E-state index contributed by atoms with van der Waals surface area (Å²) in [7, 11) is 0. The number of likely N-dealkylation sites (tertiary alicyclic amines) is 1. The summed E-state index contributed by atoms with van der Waals surface area (Å²) >= 11 is 0. The van der Waals surface area contributed by atoms with E-state index in [1.807, 2.05) is 12.1 Å². The summed E-state index contributed by atoms with van der Waals surface area (Å²) in [5.41, 5.74) is 2.51. The number of nitrogens with zero attached hydrogens (tertiary/aromatic N) is 2. The molecule has 3 atom stereocenters. The maximum atomic E-state index is 5.99. The summed E-state index contributed by atoms with van der Waals surface area (Å²) in [5, 5.41) is 3.50. The van der Waals surface area contributed by atoms with Gasteiger partial charge in [-0.1, -0.05) is 24.3 Å². The molecule has 0 saturated carbocycles. The Balaban J connectivity index is 1.24. The molecule has 25 heavy (non-hydrogen) atoms. The molecule has 3 aliphatic rings. The fourth-order valence-corrected chi connectivity index (χ4v) is 4.25. The van der Waals surface area contributed by atoms with Crippen molar-refractivity contribution in [3.63, 3.8) is 0 Å². The molecule has 1 aromatic carbocycles. The monoisotopic (exact) mass is 337 g/mol. The topological polar surface area (TPSA) is 46.6 Å². The molecule has 4 heterocycles. The van der Waals surface area contributed by atoms with Crippen molar-refractivity contribution >= 4 is 0 Å². The molecule has 5 rings (SSSR count). The Morgan fingerprint density at radius 3 is 2.68 bits per heavy atom. The van der Waals surface area contributed by atoms with Crippen LogP contribution in [0.15, 0.2) is 42.6 Å². The summed E-state index contributed by atoms with van der Waals surface area (Å²) in [4.78, 5) is 6.84. The number of ether oxygens (including phenoxy) is 2. The number of hydrogen-bond donors (Lipinski definition) is 1. The number of rotatable bonds is 3. The zero-order valence-corrected chi connectivity index (χ0v) is 14.2. The molecule has 1 aromatic heterocycles. The van der Waals surface area contributed by atoms with Gasteiger partial charge in [0, 0.05) is 25.8 Å². The SMILES string of the molecule is c1cnc2c(c1)OC[C@H](c1ccc(CN3CC4CNCC4C3)cc1)O2. The fourth-order valence-electron chi connectivity index (χ4n) is 4.25. The highest BCUT2D eigenvalue weighted by molar-refractivity contribution is 5.36. The Kier molecular flexibility index (Phi) is 3.83. The molecule has 0 spiro atoms. The van der Waals surface area contributed by atoms with Crippen LogP contribution in [0, 0.1) is 11.8 Å². The number of nitrogens with one attached hydrogen (secondary N) is 1. The standard InChI is InChI=1S/C20H23N3O2/c1-2-18-20(22-7-1)25-19(13-24-18)15-5-3-14(4-6-15)10-23-11-16-8-21-9-17(16)12-23/h1-7,16-17,19,21H,8-13H2/t16?,17?,19-/m1/s1. The summed E-state index contributed by atoms with van der Waals surface area (Å²) in [6.45, 7) is 6.40. The minimum Gasteiger partial charge on any atom is -0.484 e. The van der Waals surface area contributed by atoms with Gasteiger partial charge >= 0.3 is 0 Å². The Labute approximate surface area is 148 Å². The smallest absolute Gasteiger partial charge is 0.257 e. The lowest BCUT2D eigenvalue weighted by Crippen LogP contribution is -2.25. The van der Waals surface area contributed by atoms with Crippen LogP contribution in [0.4, 0.5) is 0 Å². The molecular weight excluding hydrogens is 314 g/mol. The predicted molar refractivity (Wildman–Crippen MR) is 94.7 cm³/mol. The van der Waals surface area contributed by atoms with Crippen LogP contribution >= 0.6 is 0 Å². The van der Waals surface area contributed by atoms with E-state index in [2.05, 4.69) is 39.5 Å². The minimum atomic E-state index is -0.0892. The molecule has 2 aromatic rings. The first-order valence-corrected chi connectivity index (χ1v) is 9.11. The van der Waals surface area contributed by atoms with Crippen molar-refractivity contribution in [2.45, 2.75) is 12.6 Å². The maximum absolute atomic E-state index is 5.99. The van der Waals surface area contributed by atoms with E-state index in [0.29, 0.717) is 12.5 Å². The number of fused-ring (bicyclic) bond motifs is 2. The van der Waals surface area contributed by atoms with E-state index in [9.17, 15) is 0 Å². The number of benzene rings is 1. The molecule has 0 radical (unpaired) electrons. The zero-order valence-electron chi connectivity index (χ0n) is 14.2. The highest BCUT2D eigenvalue weighted by atomic mass is 16.6. The Hall–Kier alpha value is -2.11. The van der Waals surface area contributed by atoms with Crippen molar-refractivity contribution in [3.05, 3.63) is 53.7 Å². The number of aromatic nitrogens is 1. The largest absolute Gasteiger partial charge is 0.484 e. The van der Waals surface area contributed by atoms with E-state index in [-0.39, 0.29) is 6.10 Å².